The minimum absolute atomic E-state index is 0.280. The quantitative estimate of drug-likeness (QED) is 0.621. The molecule has 0 saturated carbocycles. The van der Waals surface area contributed by atoms with Crippen molar-refractivity contribution in [1.29, 1.82) is 0 Å². The van der Waals surface area contributed by atoms with Crippen LogP contribution in [-0.2, 0) is 14.8 Å². The number of ether oxygens (including phenoxy) is 1. The SMILES string of the molecule is Cc1ccc(OCCNC(=O)CN(c2cccc(Br)c2)S(C)(=O)=O)c(C)c1. The maximum Gasteiger partial charge on any atom is 0.240 e. The van der Waals surface area contributed by atoms with Crippen molar-refractivity contribution in [2.24, 2.45) is 0 Å². The van der Waals surface area contributed by atoms with E-state index >= 15 is 0 Å². The Morgan fingerprint density at radius 1 is 1.19 bits per heavy atom. The molecule has 146 valence electrons. The Morgan fingerprint density at radius 2 is 1.93 bits per heavy atom. The zero-order valence-electron chi connectivity index (χ0n) is 15.5. The summed E-state index contributed by atoms with van der Waals surface area (Å²) in [6, 6.07) is 12.7. The lowest BCUT2D eigenvalue weighted by molar-refractivity contribution is -0.119. The van der Waals surface area contributed by atoms with Gasteiger partial charge in [-0.15, -0.1) is 0 Å². The minimum atomic E-state index is -3.59. The molecule has 2 aromatic rings. The van der Waals surface area contributed by atoms with Gasteiger partial charge in [-0.2, -0.15) is 0 Å². The normalized spacial score (nSPS) is 11.1. The third-order valence-electron chi connectivity index (χ3n) is 3.80. The molecule has 8 heteroatoms. The van der Waals surface area contributed by atoms with Gasteiger partial charge in [-0.1, -0.05) is 39.7 Å². The molecule has 2 rings (SSSR count). The lowest BCUT2D eigenvalue weighted by atomic mass is 10.1. The number of carbonyl (C=O) groups excluding carboxylic acids is 1. The fourth-order valence-corrected chi connectivity index (χ4v) is 3.77. The van der Waals surface area contributed by atoms with E-state index in [1.165, 1.54) is 0 Å². The molecule has 0 aromatic heterocycles. The molecule has 0 aliphatic carbocycles. The third-order valence-corrected chi connectivity index (χ3v) is 5.43. The van der Waals surface area contributed by atoms with Crippen molar-refractivity contribution in [2.75, 3.05) is 30.3 Å². The predicted octanol–water partition coefficient (Wildman–Crippen LogP) is 3.03. The molecular weight excluding hydrogens is 432 g/mol. The van der Waals surface area contributed by atoms with Gasteiger partial charge in [-0.05, 0) is 43.7 Å². The van der Waals surface area contributed by atoms with Gasteiger partial charge in [-0.3, -0.25) is 9.10 Å². The lowest BCUT2D eigenvalue weighted by Gasteiger charge is -2.22. The molecule has 0 spiro atoms. The number of anilines is 1. The number of halogens is 1. The zero-order chi connectivity index (χ0) is 20.0. The molecule has 0 heterocycles. The van der Waals surface area contributed by atoms with Crippen molar-refractivity contribution in [1.82, 2.24) is 5.32 Å². The van der Waals surface area contributed by atoms with Gasteiger partial charge in [-0.25, -0.2) is 8.42 Å². The van der Waals surface area contributed by atoms with Crippen LogP contribution in [0.3, 0.4) is 0 Å². The van der Waals surface area contributed by atoms with E-state index in [4.69, 9.17) is 4.74 Å². The number of carbonyl (C=O) groups is 1. The number of aryl methyl sites for hydroxylation is 2. The average Bonchev–Trinajstić information content (AvgIpc) is 2.57. The van der Waals surface area contributed by atoms with E-state index in [1.54, 1.807) is 24.3 Å². The molecule has 0 aliphatic heterocycles. The van der Waals surface area contributed by atoms with Crippen LogP contribution >= 0.6 is 15.9 Å². The number of nitrogens with zero attached hydrogens (tertiary/aromatic N) is 1. The van der Waals surface area contributed by atoms with Gasteiger partial charge >= 0.3 is 0 Å². The molecule has 0 atom stereocenters. The standard InChI is InChI=1S/C19H23BrN2O4S/c1-14-7-8-18(15(2)11-14)26-10-9-21-19(23)13-22(27(3,24)25)17-6-4-5-16(20)12-17/h4-8,11-12H,9-10,13H2,1-3H3,(H,21,23). The maximum absolute atomic E-state index is 12.2. The first-order valence-electron chi connectivity index (χ1n) is 8.37. The highest BCUT2D eigenvalue weighted by atomic mass is 79.9. The molecule has 2 aromatic carbocycles. The summed E-state index contributed by atoms with van der Waals surface area (Å²) in [5.41, 5.74) is 2.61. The Kier molecular flexibility index (Phi) is 7.26. The summed E-state index contributed by atoms with van der Waals surface area (Å²) in [6.07, 6.45) is 1.07. The molecular formula is C19H23BrN2O4S. The Hall–Kier alpha value is -2.06. The molecule has 6 nitrogen and oxygen atoms in total. The summed E-state index contributed by atoms with van der Waals surface area (Å²) in [7, 11) is -3.59. The van der Waals surface area contributed by atoms with E-state index in [9.17, 15) is 13.2 Å². The monoisotopic (exact) mass is 454 g/mol. The maximum atomic E-state index is 12.2. The van der Waals surface area contributed by atoms with Gasteiger partial charge in [0.2, 0.25) is 15.9 Å². The first-order chi connectivity index (χ1) is 12.7. The molecule has 1 amide bonds. The van der Waals surface area contributed by atoms with Crippen LogP contribution in [0, 0.1) is 13.8 Å². The second-order valence-corrected chi connectivity index (χ2v) is 9.04. The van der Waals surface area contributed by atoms with Gasteiger partial charge in [0.1, 0.15) is 18.9 Å². The number of hydrogen-bond acceptors (Lipinski definition) is 4. The third kappa shape index (κ3) is 6.55. The van der Waals surface area contributed by atoms with Crippen LogP contribution in [0.5, 0.6) is 5.75 Å². The summed E-state index contributed by atoms with van der Waals surface area (Å²) in [5, 5.41) is 2.69. The summed E-state index contributed by atoms with van der Waals surface area (Å²) in [6.45, 7) is 4.26. The Bertz CT molecular complexity index is 916. The molecule has 0 unspecified atom stereocenters. The Labute approximate surface area is 168 Å². The van der Waals surface area contributed by atoms with Crippen molar-refractivity contribution in [3.05, 3.63) is 58.1 Å². The highest BCUT2D eigenvalue weighted by Crippen LogP contribution is 2.22. The fraction of sp³-hybridized carbons (Fsp3) is 0.316. The van der Waals surface area contributed by atoms with Crippen LogP contribution in [0.15, 0.2) is 46.9 Å². The largest absolute Gasteiger partial charge is 0.491 e. The lowest BCUT2D eigenvalue weighted by Crippen LogP contribution is -2.41. The van der Waals surface area contributed by atoms with Crippen LogP contribution in [0.1, 0.15) is 11.1 Å². The molecule has 0 aliphatic rings. The van der Waals surface area contributed by atoms with Crippen LogP contribution < -0.4 is 14.4 Å². The van der Waals surface area contributed by atoms with E-state index in [1.807, 2.05) is 32.0 Å². The summed E-state index contributed by atoms with van der Waals surface area (Å²) in [4.78, 5) is 12.2. The van der Waals surface area contributed by atoms with Crippen molar-refractivity contribution in [2.45, 2.75) is 13.8 Å². The van der Waals surface area contributed by atoms with Gasteiger partial charge in [0.15, 0.2) is 0 Å². The second-order valence-electron chi connectivity index (χ2n) is 6.22. The molecule has 27 heavy (non-hydrogen) atoms. The van der Waals surface area contributed by atoms with E-state index in [0.717, 1.165) is 31.9 Å². The summed E-state index contributed by atoms with van der Waals surface area (Å²) < 4.78 is 31.6. The molecule has 1 N–H and O–H groups in total. The summed E-state index contributed by atoms with van der Waals surface area (Å²) in [5.74, 6) is 0.367. The predicted molar refractivity (Wildman–Crippen MR) is 111 cm³/mol. The number of amides is 1. The minimum Gasteiger partial charge on any atom is -0.491 e. The van der Waals surface area contributed by atoms with Crippen molar-refractivity contribution in [3.63, 3.8) is 0 Å². The fourth-order valence-electron chi connectivity index (χ4n) is 2.53. The topological polar surface area (TPSA) is 75.7 Å². The molecule has 0 fully saturated rings. The van der Waals surface area contributed by atoms with Gasteiger partial charge in [0.25, 0.3) is 0 Å². The molecule has 0 saturated heterocycles. The second kappa shape index (κ2) is 9.23. The highest BCUT2D eigenvalue weighted by molar-refractivity contribution is 9.10. The summed E-state index contributed by atoms with van der Waals surface area (Å²) >= 11 is 3.31. The van der Waals surface area contributed by atoms with Gasteiger partial charge < -0.3 is 10.1 Å². The average molecular weight is 455 g/mol. The number of rotatable bonds is 8. The zero-order valence-corrected chi connectivity index (χ0v) is 17.9. The van der Waals surface area contributed by atoms with Gasteiger partial charge in [0, 0.05) is 4.47 Å². The Morgan fingerprint density at radius 3 is 2.56 bits per heavy atom. The van der Waals surface area contributed by atoms with Crippen molar-refractivity contribution < 1.29 is 17.9 Å². The van der Waals surface area contributed by atoms with E-state index in [0.29, 0.717) is 12.3 Å². The van der Waals surface area contributed by atoms with Crippen LogP contribution in [-0.4, -0.2) is 40.3 Å². The molecule has 0 bridgehead atoms. The smallest absolute Gasteiger partial charge is 0.240 e. The van der Waals surface area contributed by atoms with Crippen LogP contribution in [0.25, 0.3) is 0 Å². The van der Waals surface area contributed by atoms with Crippen molar-refractivity contribution >= 4 is 37.5 Å². The van der Waals surface area contributed by atoms with Crippen molar-refractivity contribution in [3.8, 4) is 5.75 Å². The highest BCUT2D eigenvalue weighted by Gasteiger charge is 2.20. The Balaban J connectivity index is 1.90. The number of hydrogen-bond donors (Lipinski definition) is 1. The van der Waals surface area contributed by atoms with Crippen LogP contribution in [0.4, 0.5) is 5.69 Å². The van der Waals surface area contributed by atoms with E-state index < -0.39 is 15.9 Å². The van der Waals surface area contributed by atoms with Gasteiger partial charge in [0.05, 0.1) is 18.5 Å². The van der Waals surface area contributed by atoms with E-state index in [-0.39, 0.29) is 13.1 Å². The molecule has 0 radical (unpaired) electrons. The van der Waals surface area contributed by atoms with E-state index in [2.05, 4.69) is 21.2 Å². The number of benzene rings is 2. The number of sulfonamides is 1. The first-order valence-corrected chi connectivity index (χ1v) is 11.0. The van der Waals surface area contributed by atoms with Crippen LogP contribution in [0.2, 0.25) is 0 Å². The first kappa shape index (κ1) is 21.2. The number of nitrogens with one attached hydrogen (secondary N) is 1.